The van der Waals surface area contributed by atoms with Crippen LogP contribution in [0.1, 0.15) is 12.8 Å². The second-order valence-corrected chi connectivity index (χ2v) is 6.39. The highest BCUT2D eigenvalue weighted by molar-refractivity contribution is 7.80. The van der Waals surface area contributed by atoms with Crippen LogP contribution in [0.5, 0.6) is 0 Å². The first-order chi connectivity index (χ1) is 12.1. The molecule has 0 bridgehead atoms. The van der Waals surface area contributed by atoms with Gasteiger partial charge in [0.15, 0.2) is 10.2 Å². The molecule has 0 aliphatic rings. The number of thiazole rings is 1. The Hall–Kier alpha value is -2.46. The zero-order valence-electron chi connectivity index (χ0n) is 13.6. The van der Waals surface area contributed by atoms with Crippen LogP contribution in [0.2, 0.25) is 0 Å². The number of carbonyl (C=O) groups is 2. The lowest BCUT2D eigenvalue weighted by atomic mass is 10.3. The van der Waals surface area contributed by atoms with Crippen LogP contribution in [0, 0.1) is 0 Å². The number of carbonyl (C=O) groups excluding carboxylic acids is 2. The zero-order chi connectivity index (χ0) is 18.1. The molecule has 0 saturated heterocycles. The highest BCUT2D eigenvalue weighted by Crippen LogP contribution is 2.24. The molecule has 1 amide bonds. The van der Waals surface area contributed by atoms with Crippen LogP contribution in [-0.2, 0) is 14.3 Å². The van der Waals surface area contributed by atoms with Crippen molar-refractivity contribution >= 4 is 55.9 Å². The summed E-state index contributed by atoms with van der Waals surface area (Å²) in [7, 11) is 1.35. The quantitative estimate of drug-likeness (QED) is 0.245. The smallest absolute Gasteiger partial charge is 0.305 e. The van der Waals surface area contributed by atoms with Gasteiger partial charge in [0.1, 0.15) is 0 Å². The number of amides is 1. The molecule has 134 valence electrons. The van der Waals surface area contributed by atoms with E-state index in [0.29, 0.717) is 24.5 Å². The number of hydrogen-bond acceptors (Lipinski definition) is 7. The molecule has 0 radical (unpaired) electrons. The third kappa shape index (κ3) is 6.51. The van der Waals surface area contributed by atoms with Gasteiger partial charge in [-0.25, -0.2) is 4.98 Å². The van der Waals surface area contributed by atoms with Gasteiger partial charge in [0, 0.05) is 13.0 Å². The lowest BCUT2D eigenvalue weighted by molar-refractivity contribution is -0.140. The average Bonchev–Trinajstić information content (AvgIpc) is 3.04. The first-order valence-electron chi connectivity index (χ1n) is 7.57. The van der Waals surface area contributed by atoms with E-state index in [1.165, 1.54) is 18.4 Å². The van der Waals surface area contributed by atoms with E-state index in [9.17, 15) is 9.59 Å². The summed E-state index contributed by atoms with van der Waals surface area (Å²) in [6.07, 6.45) is 0.895. The molecule has 0 fully saturated rings. The number of hydrazine groups is 1. The Bertz CT molecular complexity index is 717. The maximum atomic E-state index is 11.8. The van der Waals surface area contributed by atoms with Gasteiger partial charge in [-0.1, -0.05) is 23.5 Å². The molecule has 0 aliphatic heterocycles. The predicted octanol–water partition coefficient (Wildman–Crippen LogP) is 1.16. The molecule has 0 unspecified atom stereocenters. The van der Waals surface area contributed by atoms with E-state index in [4.69, 9.17) is 12.2 Å². The number of esters is 1. The van der Waals surface area contributed by atoms with Crippen LogP contribution < -0.4 is 21.5 Å². The molecular formula is C15H19N5O3S2. The van der Waals surface area contributed by atoms with Gasteiger partial charge < -0.3 is 15.4 Å². The van der Waals surface area contributed by atoms with Gasteiger partial charge in [-0.15, -0.1) is 0 Å². The molecule has 1 aromatic carbocycles. The largest absolute Gasteiger partial charge is 0.469 e. The van der Waals surface area contributed by atoms with Crippen molar-refractivity contribution in [1.29, 1.82) is 0 Å². The summed E-state index contributed by atoms with van der Waals surface area (Å²) in [5.41, 5.74) is 5.97. The summed E-state index contributed by atoms with van der Waals surface area (Å²) < 4.78 is 5.59. The minimum atomic E-state index is -0.280. The van der Waals surface area contributed by atoms with Crippen molar-refractivity contribution in [3.05, 3.63) is 24.3 Å². The molecule has 0 aliphatic carbocycles. The molecule has 2 rings (SSSR count). The van der Waals surface area contributed by atoms with Crippen molar-refractivity contribution < 1.29 is 14.3 Å². The van der Waals surface area contributed by atoms with E-state index in [-0.39, 0.29) is 23.5 Å². The number of methoxy groups -OCH3 is 1. The molecule has 4 N–H and O–H groups in total. The number of rotatable bonds is 7. The molecule has 0 atom stereocenters. The van der Waals surface area contributed by atoms with Crippen LogP contribution in [0.4, 0.5) is 5.13 Å². The van der Waals surface area contributed by atoms with Gasteiger partial charge >= 0.3 is 5.97 Å². The molecule has 1 aromatic heterocycles. The van der Waals surface area contributed by atoms with E-state index in [1.807, 2.05) is 24.3 Å². The van der Waals surface area contributed by atoms with Crippen LogP contribution >= 0.6 is 23.6 Å². The molecule has 0 saturated carbocycles. The Balaban J connectivity index is 1.61. The standard InChI is InChI=1S/C15H19N5O3S2/c1-23-13(22)7-4-8-16-14(24)20-19-12(21)9-17-15-18-10-5-2-3-6-11(10)25-15/h2-3,5-6H,4,7-9H2,1H3,(H,17,18)(H,19,21)(H2,16,20,24). The molecule has 1 heterocycles. The van der Waals surface area contributed by atoms with Gasteiger partial charge in [0.2, 0.25) is 0 Å². The number of hydrogen-bond donors (Lipinski definition) is 4. The summed E-state index contributed by atoms with van der Waals surface area (Å²) in [6, 6.07) is 7.76. The molecule has 8 nitrogen and oxygen atoms in total. The van der Waals surface area contributed by atoms with E-state index in [1.54, 1.807) is 0 Å². The summed E-state index contributed by atoms with van der Waals surface area (Å²) in [5, 5.41) is 6.80. The number of para-hydroxylation sites is 1. The highest BCUT2D eigenvalue weighted by atomic mass is 32.1. The highest BCUT2D eigenvalue weighted by Gasteiger charge is 2.06. The summed E-state index contributed by atoms with van der Waals surface area (Å²) in [5.74, 6) is -0.548. The lowest BCUT2D eigenvalue weighted by Gasteiger charge is -2.11. The summed E-state index contributed by atoms with van der Waals surface area (Å²) in [4.78, 5) is 27.1. The fourth-order valence-corrected chi connectivity index (χ4v) is 2.87. The summed E-state index contributed by atoms with van der Waals surface area (Å²) >= 11 is 6.50. The summed E-state index contributed by atoms with van der Waals surface area (Å²) in [6.45, 7) is 0.568. The number of fused-ring (bicyclic) bond motifs is 1. The average molecular weight is 381 g/mol. The van der Waals surface area contributed by atoms with E-state index >= 15 is 0 Å². The van der Waals surface area contributed by atoms with Crippen molar-refractivity contribution in [2.24, 2.45) is 0 Å². The Morgan fingerprint density at radius 1 is 1.28 bits per heavy atom. The normalized spacial score (nSPS) is 10.1. The topological polar surface area (TPSA) is 104 Å². The van der Waals surface area contributed by atoms with Gasteiger partial charge in [-0.3, -0.25) is 20.4 Å². The van der Waals surface area contributed by atoms with Gasteiger partial charge in [0.05, 0.1) is 23.9 Å². The molecule has 0 spiro atoms. The number of ether oxygens (including phenoxy) is 1. The number of thiocarbonyl (C=S) groups is 1. The fraction of sp³-hybridized carbons (Fsp3) is 0.333. The Labute approximate surface area is 154 Å². The molecule has 2 aromatic rings. The molecule has 25 heavy (non-hydrogen) atoms. The maximum absolute atomic E-state index is 11.8. The number of nitrogens with zero attached hydrogens (tertiary/aromatic N) is 1. The van der Waals surface area contributed by atoms with Gasteiger partial charge in [-0.2, -0.15) is 0 Å². The Morgan fingerprint density at radius 3 is 2.84 bits per heavy atom. The van der Waals surface area contributed by atoms with E-state index in [0.717, 1.165) is 10.2 Å². The predicted molar refractivity (Wildman–Crippen MR) is 101 cm³/mol. The minimum Gasteiger partial charge on any atom is -0.469 e. The number of anilines is 1. The third-order valence-corrected chi connectivity index (χ3v) is 4.32. The molecular weight excluding hydrogens is 362 g/mol. The van der Waals surface area contributed by atoms with Crippen molar-refractivity contribution in [2.45, 2.75) is 12.8 Å². The second kappa shape index (κ2) is 9.74. The first kappa shape index (κ1) is 18.9. The van der Waals surface area contributed by atoms with Crippen molar-refractivity contribution in [3.8, 4) is 0 Å². The van der Waals surface area contributed by atoms with Crippen LogP contribution in [0.15, 0.2) is 24.3 Å². The lowest BCUT2D eigenvalue weighted by Crippen LogP contribution is -2.48. The fourth-order valence-electron chi connectivity index (χ4n) is 1.86. The number of aromatic nitrogens is 1. The monoisotopic (exact) mass is 381 g/mol. The third-order valence-electron chi connectivity index (χ3n) is 3.08. The maximum Gasteiger partial charge on any atom is 0.305 e. The van der Waals surface area contributed by atoms with E-state index in [2.05, 4.69) is 31.2 Å². The SMILES string of the molecule is COC(=O)CCCNC(=S)NNC(=O)CNc1nc2ccccc2s1. The van der Waals surface area contributed by atoms with Crippen molar-refractivity contribution in [1.82, 2.24) is 21.2 Å². The van der Waals surface area contributed by atoms with Gasteiger partial charge in [0.25, 0.3) is 5.91 Å². The number of benzene rings is 1. The van der Waals surface area contributed by atoms with Crippen LogP contribution in [-0.4, -0.2) is 42.2 Å². The van der Waals surface area contributed by atoms with Gasteiger partial charge in [-0.05, 0) is 30.8 Å². The first-order valence-corrected chi connectivity index (χ1v) is 8.80. The molecule has 10 heteroatoms. The van der Waals surface area contributed by atoms with Crippen molar-refractivity contribution in [3.63, 3.8) is 0 Å². The minimum absolute atomic E-state index is 0.0672. The number of nitrogens with one attached hydrogen (secondary N) is 4. The van der Waals surface area contributed by atoms with E-state index < -0.39 is 0 Å². The Morgan fingerprint density at radius 2 is 2.08 bits per heavy atom. The van der Waals surface area contributed by atoms with Crippen LogP contribution in [0.3, 0.4) is 0 Å². The van der Waals surface area contributed by atoms with Crippen molar-refractivity contribution in [2.75, 3.05) is 25.5 Å². The second-order valence-electron chi connectivity index (χ2n) is 4.95. The Kier molecular flexibility index (Phi) is 7.36. The zero-order valence-corrected chi connectivity index (χ0v) is 15.3. The van der Waals surface area contributed by atoms with Crippen LogP contribution in [0.25, 0.3) is 10.2 Å².